The van der Waals surface area contributed by atoms with Crippen molar-refractivity contribution in [2.45, 2.75) is 25.4 Å². The van der Waals surface area contributed by atoms with Gasteiger partial charge in [0.1, 0.15) is 23.4 Å². The lowest BCUT2D eigenvalue weighted by Gasteiger charge is -2.25. The predicted octanol–water partition coefficient (Wildman–Crippen LogP) is 5.79. The number of benzene rings is 2. The fourth-order valence-corrected chi connectivity index (χ4v) is 4.74. The molecule has 1 saturated heterocycles. The van der Waals surface area contributed by atoms with Gasteiger partial charge in [-0.15, -0.1) is 0 Å². The summed E-state index contributed by atoms with van der Waals surface area (Å²) < 4.78 is 19.6. The molecular formula is C28H25FN4O2S. The number of furan rings is 1. The Morgan fingerprint density at radius 2 is 1.94 bits per heavy atom. The number of aromatic nitrogens is 1. The SMILES string of the molecule is Cc1cccc(NC(=O)CCN2C(=S)NC(c3ccccn3)C2c2ccc(-c3ccc(F)cc3)o2)c1. The van der Waals surface area contributed by atoms with Crippen LogP contribution in [0.5, 0.6) is 0 Å². The Bertz CT molecular complexity index is 1370. The number of carbonyl (C=O) groups is 1. The van der Waals surface area contributed by atoms with Crippen LogP contribution in [-0.4, -0.2) is 27.4 Å². The summed E-state index contributed by atoms with van der Waals surface area (Å²) in [5.41, 5.74) is 3.43. The number of anilines is 1. The summed E-state index contributed by atoms with van der Waals surface area (Å²) in [5.74, 6) is 0.896. The highest BCUT2D eigenvalue weighted by Gasteiger charge is 2.41. The Labute approximate surface area is 214 Å². The molecule has 2 unspecified atom stereocenters. The van der Waals surface area contributed by atoms with Crippen LogP contribution < -0.4 is 10.6 Å². The lowest BCUT2D eigenvalue weighted by molar-refractivity contribution is -0.116. The molecule has 3 heterocycles. The van der Waals surface area contributed by atoms with E-state index in [1.807, 2.05) is 66.4 Å². The number of aryl methyl sites for hydroxylation is 1. The second-order valence-electron chi connectivity index (χ2n) is 8.70. The first-order valence-electron chi connectivity index (χ1n) is 11.7. The summed E-state index contributed by atoms with van der Waals surface area (Å²) in [5, 5.41) is 6.84. The highest BCUT2D eigenvalue weighted by atomic mass is 32.1. The lowest BCUT2D eigenvalue weighted by Crippen LogP contribution is -2.32. The maximum Gasteiger partial charge on any atom is 0.226 e. The molecule has 4 aromatic rings. The average molecular weight is 501 g/mol. The molecule has 0 saturated carbocycles. The molecule has 182 valence electrons. The zero-order valence-electron chi connectivity index (χ0n) is 19.6. The molecule has 2 aromatic carbocycles. The summed E-state index contributed by atoms with van der Waals surface area (Å²) in [6.07, 6.45) is 1.98. The van der Waals surface area contributed by atoms with Crippen LogP contribution in [0.2, 0.25) is 0 Å². The van der Waals surface area contributed by atoms with Gasteiger partial charge < -0.3 is 20.0 Å². The highest BCUT2D eigenvalue weighted by molar-refractivity contribution is 7.80. The molecule has 1 amide bonds. The smallest absolute Gasteiger partial charge is 0.226 e. The second kappa shape index (κ2) is 10.3. The number of hydrogen-bond acceptors (Lipinski definition) is 4. The predicted molar refractivity (Wildman–Crippen MR) is 141 cm³/mol. The monoisotopic (exact) mass is 500 g/mol. The van der Waals surface area contributed by atoms with Crippen LogP contribution in [0.15, 0.2) is 89.5 Å². The summed E-state index contributed by atoms with van der Waals surface area (Å²) >= 11 is 5.68. The normalized spacial score (nSPS) is 17.2. The van der Waals surface area contributed by atoms with Crippen molar-refractivity contribution in [3.05, 3.63) is 108 Å². The third-order valence-electron chi connectivity index (χ3n) is 6.13. The van der Waals surface area contributed by atoms with Crippen molar-refractivity contribution in [2.24, 2.45) is 0 Å². The maximum absolute atomic E-state index is 13.4. The van der Waals surface area contributed by atoms with Gasteiger partial charge in [0.15, 0.2) is 5.11 Å². The van der Waals surface area contributed by atoms with E-state index < -0.39 is 0 Å². The summed E-state index contributed by atoms with van der Waals surface area (Å²) in [7, 11) is 0. The van der Waals surface area contributed by atoms with E-state index >= 15 is 0 Å². The number of nitrogens with zero attached hydrogens (tertiary/aromatic N) is 2. The second-order valence-corrected chi connectivity index (χ2v) is 9.08. The molecule has 2 N–H and O–H groups in total. The molecule has 0 spiro atoms. The van der Waals surface area contributed by atoms with Crippen LogP contribution in [0.25, 0.3) is 11.3 Å². The molecule has 6 nitrogen and oxygen atoms in total. The first kappa shape index (κ1) is 23.7. The topological polar surface area (TPSA) is 70.4 Å². The molecule has 8 heteroatoms. The van der Waals surface area contributed by atoms with Gasteiger partial charge in [-0.25, -0.2) is 4.39 Å². The van der Waals surface area contributed by atoms with Gasteiger partial charge >= 0.3 is 0 Å². The third-order valence-corrected chi connectivity index (χ3v) is 6.48. The van der Waals surface area contributed by atoms with Gasteiger partial charge in [-0.05, 0) is 85.4 Å². The van der Waals surface area contributed by atoms with Crippen molar-refractivity contribution in [3.63, 3.8) is 0 Å². The molecule has 2 aromatic heterocycles. The minimum atomic E-state index is -0.312. The van der Waals surface area contributed by atoms with Gasteiger partial charge in [0, 0.05) is 30.4 Å². The Hall–Kier alpha value is -4.04. The third kappa shape index (κ3) is 5.13. The number of rotatable bonds is 7. The van der Waals surface area contributed by atoms with Gasteiger partial charge in [-0.1, -0.05) is 18.2 Å². The Balaban J connectivity index is 1.39. The van der Waals surface area contributed by atoms with Crippen molar-refractivity contribution < 1.29 is 13.6 Å². The van der Waals surface area contributed by atoms with Crippen molar-refractivity contribution in [1.82, 2.24) is 15.2 Å². The quantitative estimate of drug-likeness (QED) is 0.313. The number of nitrogens with one attached hydrogen (secondary N) is 2. The number of thiocarbonyl (C=S) groups is 1. The first-order valence-corrected chi connectivity index (χ1v) is 12.1. The Morgan fingerprint density at radius 1 is 1.11 bits per heavy atom. The molecule has 0 bridgehead atoms. The molecule has 1 aliphatic rings. The molecule has 0 aliphatic carbocycles. The van der Waals surface area contributed by atoms with Gasteiger partial charge in [-0.3, -0.25) is 9.78 Å². The zero-order chi connectivity index (χ0) is 25.1. The van der Waals surface area contributed by atoms with E-state index in [9.17, 15) is 9.18 Å². The summed E-state index contributed by atoms with van der Waals surface area (Å²) in [6, 6.07) is 22.8. The molecule has 5 rings (SSSR count). The van der Waals surface area contributed by atoms with Crippen LogP contribution in [0.4, 0.5) is 10.1 Å². The largest absolute Gasteiger partial charge is 0.459 e. The summed E-state index contributed by atoms with van der Waals surface area (Å²) in [6.45, 7) is 2.37. The van der Waals surface area contributed by atoms with Gasteiger partial charge in [0.25, 0.3) is 0 Å². The van der Waals surface area contributed by atoms with E-state index in [-0.39, 0.29) is 30.2 Å². The lowest BCUT2D eigenvalue weighted by atomic mass is 10.0. The van der Waals surface area contributed by atoms with Crippen LogP contribution >= 0.6 is 12.2 Å². The molecule has 1 fully saturated rings. The van der Waals surface area contributed by atoms with Gasteiger partial charge in [-0.2, -0.15) is 0 Å². The fourth-order valence-electron chi connectivity index (χ4n) is 4.40. The van der Waals surface area contributed by atoms with E-state index in [1.165, 1.54) is 12.1 Å². The van der Waals surface area contributed by atoms with Crippen LogP contribution in [0.1, 0.15) is 35.5 Å². The fraction of sp³-hybridized carbons (Fsp3) is 0.179. The molecule has 1 aliphatic heterocycles. The van der Waals surface area contributed by atoms with Gasteiger partial charge in [0.2, 0.25) is 5.91 Å². The van der Waals surface area contributed by atoms with E-state index in [4.69, 9.17) is 16.6 Å². The Morgan fingerprint density at radius 3 is 2.69 bits per heavy atom. The number of halogens is 1. The van der Waals surface area contributed by atoms with E-state index in [0.29, 0.717) is 23.2 Å². The van der Waals surface area contributed by atoms with Crippen molar-refractivity contribution in [1.29, 1.82) is 0 Å². The molecular weight excluding hydrogens is 475 g/mol. The average Bonchev–Trinajstić information content (AvgIpc) is 3.48. The number of carbonyl (C=O) groups excluding carboxylic acids is 1. The van der Waals surface area contributed by atoms with Crippen molar-refractivity contribution in [3.8, 4) is 11.3 Å². The Kier molecular flexibility index (Phi) is 6.77. The highest BCUT2D eigenvalue weighted by Crippen LogP contribution is 2.40. The van der Waals surface area contributed by atoms with Crippen LogP contribution in [0.3, 0.4) is 0 Å². The zero-order valence-corrected chi connectivity index (χ0v) is 20.5. The van der Waals surface area contributed by atoms with Crippen LogP contribution in [0, 0.1) is 12.7 Å². The molecule has 0 radical (unpaired) electrons. The van der Waals surface area contributed by atoms with E-state index in [1.54, 1.807) is 18.3 Å². The number of hydrogen-bond donors (Lipinski definition) is 2. The maximum atomic E-state index is 13.4. The number of pyridine rings is 1. The minimum Gasteiger partial charge on any atom is -0.459 e. The summed E-state index contributed by atoms with van der Waals surface area (Å²) in [4.78, 5) is 19.2. The standard InChI is InChI=1S/C28H25FN4O2S/c1-18-5-4-6-21(17-18)31-25(34)14-16-33-27(26(32-28(33)36)22-7-2-3-15-30-22)24-13-12-23(35-24)19-8-10-20(29)11-9-19/h2-13,15,17,26-27H,14,16H2,1H3,(H,31,34)(H,32,36). The van der Waals surface area contributed by atoms with E-state index in [2.05, 4.69) is 15.6 Å². The van der Waals surface area contributed by atoms with Crippen LogP contribution in [-0.2, 0) is 4.79 Å². The van der Waals surface area contributed by atoms with Crippen molar-refractivity contribution >= 4 is 28.9 Å². The van der Waals surface area contributed by atoms with Gasteiger partial charge in [0.05, 0.1) is 11.7 Å². The van der Waals surface area contributed by atoms with Crippen molar-refractivity contribution in [2.75, 3.05) is 11.9 Å². The van der Waals surface area contributed by atoms with E-state index in [0.717, 1.165) is 22.5 Å². The number of amides is 1. The first-order chi connectivity index (χ1) is 17.5. The minimum absolute atomic E-state index is 0.102. The molecule has 2 atom stereocenters. The molecule has 36 heavy (non-hydrogen) atoms.